The summed E-state index contributed by atoms with van der Waals surface area (Å²) in [6.07, 6.45) is 0.647. The third-order valence-electron chi connectivity index (χ3n) is 13.0. The van der Waals surface area contributed by atoms with Gasteiger partial charge in [-0.25, -0.2) is 0 Å². The van der Waals surface area contributed by atoms with Crippen molar-refractivity contribution in [2.75, 3.05) is 49.7 Å². The average Bonchev–Trinajstić information content (AvgIpc) is 3.46. The molecular formula is C41H55ClN4O7. The van der Waals surface area contributed by atoms with Gasteiger partial charge in [0.05, 0.1) is 10.7 Å². The number of halogens is 1. The van der Waals surface area contributed by atoms with Crippen LogP contribution in [-0.2, 0) is 29.5 Å². The molecule has 0 aromatic heterocycles. The van der Waals surface area contributed by atoms with E-state index >= 15 is 0 Å². The maximum Gasteiger partial charge on any atom is 0.323 e. The van der Waals surface area contributed by atoms with Gasteiger partial charge in [0.15, 0.2) is 18.4 Å². The Balaban J connectivity index is 1.09. The molecule has 7 rings (SSSR count). The second-order valence-corrected chi connectivity index (χ2v) is 16.8. The van der Waals surface area contributed by atoms with E-state index < -0.39 is 47.6 Å². The summed E-state index contributed by atoms with van der Waals surface area (Å²) in [6.45, 7) is 16.5. The van der Waals surface area contributed by atoms with Crippen LogP contribution in [0, 0.1) is 37.5 Å². The van der Waals surface area contributed by atoms with E-state index in [1.54, 1.807) is 25.2 Å². The Morgan fingerprint density at radius 1 is 1.06 bits per heavy atom. The second-order valence-electron chi connectivity index (χ2n) is 16.4. The van der Waals surface area contributed by atoms with Gasteiger partial charge in [0, 0.05) is 70.3 Å². The predicted molar refractivity (Wildman–Crippen MR) is 203 cm³/mol. The van der Waals surface area contributed by atoms with Crippen molar-refractivity contribution in [2.24, 2.45) is 23.7 Å². The number of nitrogens with zero attached hydrogens (tertiary/aromatic N) is 3. The molecule has 11 nitrogen and oxygen atoms in total. The molecule has 2 aromatic carbocycles. The highest BCUT2D eigenvalue weighted by molar-refractivity contribution is 6.33. The minimum absolute atomic E-state index is 0.0364. The van der Waals surface area contributed by atoms with Crippen LogP contribution in [0.3, 0.4) is 0 Å². The van der Waals surface area contributed by atoms with E-state index in [1.165, 1.54) is 28.8 Å². The van der Waals surface area contributed by atoms with Gasteiger partial charge in [-0.1, -0.05) is 49.7 Å². The monoisotopic (exact) mass is 750 g/mol. The number of aliphatic hydroxyl groups is 2. The van der Waals surface area contributed by atoms with E-state index in [2.05, 4.69) is 60.2 Å². The molecule has 0 amide bonds. The molecule has 3 aliphatic heterocycles. The van der Waals surface area contributed by atoms with Crippen LogP contribution in [0.1, 0.15) is 63.6 Å². The van der Waals surface area contributed by atoms with Crippen molar-refractivity contribution >= 4 is 34.9 Å². The van der Waals surface area contributed by atoms with Crippen molar-refractivity contribution in [2.45, 2.75) is 96.5 Å². The van der Waals surface area contributed by atoms with Crippen LogP contribution in [0.15, 0.2) is 48.0 Å². The summed E-state index contributed by atoms with van der Waals surface area (Å²) in [5.41, 5.74) is 2.66. The second kappa shape index (κ2) is 14.5. The quantitative estimate of drug-likeness (QED) is 0.266. The highest BCUT2D eigenvalue weighted by atomic mass is 35.5. The van der Waals surface area contributed by atoms with Crippen LogP contribution in [-0.4, -0.2) is 96.9 Å². The summed E-state index contributed by atoms with van der Waals surface area (Å²) in [5.74, 6) is -1.39. The molecule has 12 heteroatoms. The number of hydrogen-bond acceptors (Lipinski definition) is 11. The van der Waals surface area contributed by atoms with E-state index in [9.17, 15) is 19.8 Å². The van der Waals surface area contributed by atoms with Gasteiger partial charge < -0.3 is 24.6 Å². The molecule has 10 atom stereocenters. The molecule has 1 unspecified atom stereocenters. The summed E-state index contributed by atoms with van der Waals surface area (Å²) in [5, 5.41) is 29.9. The molecule has 3 N–H and O–H groups in total. The molecule has 2 aromatic rings. The van der Waals surface area contributed by atoms with Crippen LogP contribution in [0.2, 0.25) is 5.02 Å². The standard InChI is InChI=1S/C41H55ClN4O7/c1-23-11-13-29(19-24(23)2)46-17-15-45(16-18-46)22-26(4)30-14-12-27(5)41(50)32(30)20-25(3)36(51-28(6)47)37(41)52-38(48)34-21-40(49)31-9-8-10-33(42)35(31)44(7)53-39(40)43-34/h8-11,13,19-20,26-27,30,32,34,36-37,39,43,49-50H,12,14-18,21-22H2,1-7H3/t26?,27-,30+,32-,34+,36-,37+,39-,40-,41-/m1/s1. The zero-order valence-electron chi connectivity index (χ0n) is 32.0. The summed E-state index contributed by atoms with van der Waals surface area (Å²) in [6, 6.07) is 11.0. The lowest BCUT2D eigenvalue weighted by Gasteiger charge is -2.56. The summed E-state index contributed by atoms with van der Waals surface area (Å²) < 4.78 is 12.2. The summed E-state index contributed by atoms with van der Waals surface area (Å²) in [7, 11) is 1.70. The van der Waals surface area contributed by atoms with Crippen LogP contribution >= 0.6 is 11.6 Å². The first-order valence-corrected chi connectivity index (χ1v) is 19.5. The van der Waals surface area contributed by atoms with E-state index in [4.69, 9.17) is 25.9 Å². The maximum absolute atomic E-state index is 14.2. The number of carbonyl (C=O) groups is 2. The molecule has 5 aliphatic rings. The fraction of sp³-hybridized carbons (Fsp3) is 0.610. The van der Waals surface area contributed by atoms with E-state index in [0.717, 1.165) is 51.1 Å². The Morgan fingerprint density at radius 2 is 1.79 bits per heavy atom. The highest BCUT2D eigenvalue weighted by Gasteiger charge is 2.62. The van der Waals surface area contributed by atoms with Gasteiger partial charge in [-0.15, -0.1) is 0 Å². The lowest BCUT2D eigenvalue weighted by atomic mass is 9.55. The zero-order valence-corrected chi connectivity index (χ0v) is 32.7. The maximum atomic E-state index is 14.2. The lowest BCUT2D eigenvalue weighted by molar-refractivity contribution is -0.225. The molecule has 3 fully saturated rings. The molecule has 2 aliphatic carbocycles. The molecular weight excluding hydrogens is 696 g/mol. The first-order chi connectivity index (χ1) is 25.1. The topological polar surface area (TPSA) is 124 Å². The van der Waals surface area contributed by atoms with Gasteiger partial charge in [0.1, 0.15) is 17.2 Å². The Bertz CT molecular complexity index is 1770. The number of hydroxylamine groups is 1. The number of ether oxygens (including phenoxy) is 2. The van der Waals surface area contributed by atoms with Crippen LogP contribution in [0.4, 0.5) is 11.4 Å². The number of anilines is 2. The lowest BCUT2D eigenvalue weighted by Crippen LogP contribution is -2.66. The fourth-order valence-corrected chi connectivity index (χ4v) is 10.1. The number of hydrogen-bond donors (Lipinski definition) is 3. The van der Waals surface area contributed by atoms with Crippen molar-refractivity contribution in [3.8, 4) is 0 Å². The third-order valence-corrected chi connectivity index (χ3v) is 13.3. The minimum atomic E-state index is -1.56. The molecule has 0 radical (unpaired) electrons. The number of aryl methyl sites for hydroxylation is 2. The molecule has 288 valence electrons. The molecule has 0 spiro atoms. The van der Waals surface area contributed by atoms with Crippen LogP contribution in [0.5, 0.6) is 0 Å². The molecule has 0 bridgehead atoms. The third kappa shape index (κ3) is 6.76. The number of fused-ring (bicyclic) bond motifs is 4. The van der Waals surface area contributed by atoms with Gasteiger partial charge in [0.25, 0.3) is 0 Å². The largest absolute Gasteiger partial charge is 0.454 e. The van der Waals surface area contributed by atoms with Gasteiger partial charge in [-0.05, 0) is 86.3 Å². The van der Waals surface area contributed by atoms with Crippen molar-refractivity contribution in [1.82, 2.24) is 10.2 Å². The summed E-state index contributed by atoms with van der Waals surface area (Å²) >= 11 is 6.48. The first-order valence-electron chi connectivity index (χ1n) is 19.1. The molecule has 3 heterocycles. The molecule has 1 saturated carbocycles. The molecule has 53 heavy (non-hydrogen) atoms. The van der Waals surface area contributed by atoms with Gasteiger partial charge in [0.2, 0.25) is 0 Å². The Morgan fingerprint density at radius 3 is 2.49 bits per heavy atom. The SMILES string of the molecule is CC(=O)O[C@@H]1C(C)=C[C@@H]2[C@H](C(C)CN3CCN(c4ccc(C)c(C)c4)CC3)CC[C@@H](C)[C@]2(O)[C@H]1OC(=O)[C@@H]1C[C@@]2(O)c3cccc(Cl)c3N(C)O[C@H]2N1. The smallest absolute Gasteiger partial charge is 0.323 e. The fourth-order valence-electron chi connectivity index (χ4n) is 9.81. The van der Waals surface area contributed by atoms with Crippen molar-refractivity contribution in [3.05, 3.63) is 69.8 Å². The van der Waals surface area contributed by atoms with Gasteiger partial charge in [-0.2, -0.15) is 0 Å². The normalized spacial score (nSPS) is 34.8. The number of nitrogens with one attached hydrogen (secondary N) is 1. The predicted octanol–water partition coefficient (Wildman–Crippen LogP) is 4.87. The van der Waals surface area contributed by atoms with Gasteiger partial charge in [-0.3, -0.25) is 29.7 Å². The van der Waals surface area contributed by atoms with E-state index in [1.807, 2.05) is 13.8 Å². The van der Waals surface area contributed by atoms with Crippen LogP contribution in [0.25, 0.3) is 0 Å². The van der Waals surface area contributed by atoms with Crippen molar-refractivity contribution in [3.63, 3.8) is 0 Å². The first kappa shape index (κ1) is 38.1. The number of rotatable bonds is 7. The minimum Gasteiger partial charge on any atom is -0.454 e. The highest BCUT2D eigenvalue weighted by Crippen LogP contribution is 2.53. The summed E-state index contributed by atoms with van der Waals surface area (Å²) in [4.78, 5) is 37.6. The van der Waals surface area contributed by atoms with E-state index in [0.29, 0.717) is 16.3 Å². The number of para-hydroxylation sites is 1. The Hall–Kier alpha value is -3.19. The number of carbonyl (C=O) groups excluding carboxylic acids is 2. The number of piperazine rings is 1. The van der Waals surface area contributed by atoms with E-state index in [-0.39, 0.29) is 30.1 Å². The molecule has 2 saturated heterocycles. The number of benzene rings is 2. The Labute approximate surface area is 318 Å². The van der Waals surface area contributed by atoms with Crippen molar-refractivity contribution < 1.29 is 34.1 Å². The zero-order chi connectivity index (χ0) is 38.0. The van der Waals surface area contributed by atoms with Gasteiger partial charge >= 0.3 is 11.9 Å². The average molecular weight is 751 g/mol. The van der Waals surface area contributed by atoms with Crippen molar-refractivity contribution in [1.29, 1.82) is 0 Å². The number of esters is 2. The Kier molecular flexibility index (Phi) is 10.4. The van der Waals surface area contributed by atoms with Crippen LogP contribution < -0.4 is 15.3 Å².